The van der Waals surface area contributed by atoms with Crippen molar-refractivity contribution in [2.24, 2.45) is 0 Å². The molecular weight excluding hydrogens is 242 g/mol. The molecule has 0 aliphatic rings. The molecule has 90 valence electrons. The van der Waals surface area contributed by atoms with Gasteiger partial charge in [-0.25, -0.2) is 4.98 Å². The maximum absolute atomic E-state index is 11.2. The van der Waals surface area contributed by atoms with Crippen LogP contribution in [-0.4, -0.2) is 31.2 Å². The standard InChI is InChI=1S/C11H12ClN3O2/c1-3-15(7-9(16)17-2)11-10(12)8(6-13)4-5-14-11/h4-5H,3,7H2,1-2H3. The van der Waals surface area contributed by atoms with E-state index in [2.05, 4.69) is 9.72 Å². The van der Waals surface area contributed by atoms with Crippen LogP contribution in [0.1, 0.15) is 12.5 Å². The highest BCUT2D eigenvalue weighted by atomic mass is 35.5. The summed E-state index contributed by atoms with van der Waals surface area (Å²) in [6.45, 7) is 2.45. The Labute approximate surface area is 105 Å². The van der Waals surface area contributed by atoms with E-state index in [0.717, 1.165) is 0 Å². The van der Waals surface area contributed by atoms with Crippen LogP contribution in [0.2, 0.25) is 5.02 Å². The van der Waals surface area contributed by atoms with Gasteiger partial charge in [-0.3, -0.25) is 4.79 Å². The Bertz CT molecular complexity index is 457. The van der Waals surface area contributed by atoms with E-state index in [-0.39, 0.29) is 17.5 Å². The minimum absolute atomic E-state index is 0.0502. The van der Waals surface area contributed by atoms with Crippen molar-refractivity contribution >= 4 is 23.4 Å². The summed E-state index contributed by atoms with van der Waals surface area (Å²) in [6.07, 6.45) is 1.49. The molecule has 0 N–H and O–H groups in total. The molecular formula is C11H12ClN3O2. The summed E-state index contributed by atoms with van der Waals surface area (Å²) in [5.74, 6) is 0.0331. The van der Waals surface area contributed by atoms with Crippen molar-refractivity contribution in [3.05, 3.63) is 22.8 Å². The normalized spacial score (nSPS) is 9.53. The number of esters is 1. The molecule has 0 unspecified atom stereocenters. The Balaban J connectivity index is 3.04. The van der Waals surface area contributed by atoms with E-state index in [1.54, 1.807) is 4.90 Å². The smallest absolute Gasteiger partial charge is 0.325 e. The Morgan fingerprint density at radius 3 is 2.94 bits per heavy atom. The Morgan fingerprint density at radius 1 is 1.71 bits per heavy atom. The molecule has 0 amide bonds. The average Bonchev–Trinajstić information content (AvgIpc) is 2.36. The first-order valence-corrected chi connectivity index (χ1v) is 5.38. The molecule has 1 rings (SSSR count). The molecule has 0 aliphatic heterocycles. The van der Waals surface area contributed by atoms with E-state index in [1.165, 1.54) is 19.4 Å². The lowest BCUT2D eigenvalue weighted by atomic mass is 10.2. The van der Waals surface area contributed by atoms with Crippen LogP contribution in [0.25, 0.3) is 0 Å². The number of ether oxygens (including phenoxy) is 1. The molecule has 1 heterocycles. The maximum Gasteiger partial charge on any atom is 0.325 e. The van der Waals surface area contributed by atoms with E-state index in [0.29, 0.717) is 17.9 Å². The number of hydrogen-bond acceptors (Lipinski definition) is 5. The fourth-order valence-electron chi connectivity index (χ4n) is 1.30. The van der Waals surface area contributed by atoms with Crippen molar-refractivity contribution in [3.63, 3.8) is 0 Å². The third kappa shape index (κ3) is 3.08. The average molecular weight is 254 g/mol. The van der Waals surface area contributed by atoms with E-state index < -0.39 is 0 Å². The number of carbonyl (C=O) groups excluding carboxylic acids is 1. The zero-order valence-corrected chi connectivity index (χ0v) is 10.4. The van der Waals surface area contributed by atoms with Gasteiger partial charge in [-0.2, -0.15) is 5.26 Å². The van der Waals surface area contributed by atoms with Crippen LogP contribution in [0.15, 0.2) is 12.3 Å². The molecule has 0 aromatic carbocycles. The van der Waals surface area contributed by atoms with Crippen LogP contribution in [-0.2, 0) is 9.53 Å². The number of hydrogen-bond donors (Lipinski definition) is 0. The van der Waals surface area contributed by atoms with Crippen LogP contribution in [0, 0.1) is 11.3 Å². The molecule has 0 saturated carbocycles. The van der Waals surface area contributed by atoms with Crippen LogP contribution in [0.5, 0.6) is 0 Å². The predicted octanol–water partition coefficient (Wildman–Crippen LogP) is 1.61. The minimum Gasteiger partial charge on any atom is -0.468 e. The van der Waals surface area contributed by atoms with Crippen LogP contribution >= 0.6 is 11.6 Å². The molecule has 0 radical (unpaired) electrons. The summed E-state index contributed by atoms with van der Waals surface area (Å²) in [5.41, 5.74) is 0.333. The summed E-state index contributed by atoms with van der Waals surface area (Å²) in [6, 6.07) is 3.49. The minimum atomic E-state index is -0.382. The maximum atomic E-state index is 11.2. The third-order valence-electron chi connectivity index (χ3n) is 2.22. The molecule has 6 heteroatoms. The molecule has 1 aromatic rings. The number of nitriles is 1. The lowest BCUT2D eigenvalue weighted by molar-refractivity contribution is -0.138. The topological polar surface area (TPSA) is 66.2 Å². The second kappa shape index (κ2) is 6.06. The number of methoxy groups -OCH3 is 1. The van der Waals surface area contributed by atoms with E-state index in [1.807, 2.05) is 13.0 Å². The number of pyridine rings is 1. The highest BCUT2D eigenvalue weighted by molar-refractivity contribution is 6.34. The van der Waals surface area contributed by atoms with Crippen molar-refractivity contribution in [3.8, 4) is 6.07 Å². The van der Waals surface area contributed by atoms with E-state index in [9.17, 15) is 4.79 Å². The molecule has 0 spiro atoms. The first kappa shape index (κ1) is 13.3. The monoisotopic (exact) mass is 253 g/mol. The molecule has 5 nitrogen and oxygen atoms in total. The van der Waals surface area contributed by atoms with Gasteiger partial charge in [0.15, 0.2) is 0 Å². The summed E-state index contributed by atoms with van der Waals surface area (Å²) in [7, 11) is 1.32. The summed E-state index contributed by atoms with van der Waals surface area (Å²) >= 11 is 6.03. The third-order valence-corrected chi connectivity index (χ3v) is 2.59. The molecule has 0 saturated heterocycles. The summed E-state index contributed by atoms with van der Waals surface area (Å²) < 4.78 is 4.58. The van der Waals surface area contributed by atoms with Gasteiger partial charge in [0, 0.05) is 12.7 Å². The Hall–Kier alpha value is -1.80. The molecule has 0 fully saturated rings. The Morgan fingerprint density at radius 2 is 2.41 bits per heavy atom. The number of aromatic nitrogens is 1. The first-order chi connectivity index (χ1) is 8.13. The highest BCUT2D eigenvalue weighted by Gasteiger charge is 2.16. The number of nitrogens with zero attached hydrogens (tertiary/aromatic N) is 3. The van der Waals surface area contributed by atoms with E-state index >= 15 is 0 Å². The summed E-state index contributed by atoms with van der Waals surface area (Å²) in [4.78, 5) is 16.9. The van der Waals surface area contributed by atoms with Gasteiger partial charge in [0.2, 0.25) is 0 Å². The Kier molecular flexibility index (Phi) is 4.73. The van der Waals surface area contributed by atoms with Gasteiger partial charge in [0.25, 0.3) is 0 Å². The van der Waals surface area contributed by atoms with Crippen LogP contribution in [0.3, 0.4) is 0 Å². The predicted molar refractivity (Wildman–Crippen MR) is 63.9 cm³/mol. The molecule has 1 aromatic heterocycles. The molecule has 0 bridgehead atoms. The number of likely N-dealkylation sites (N-methyl/N-ethyl adjacent to an activating group) is 1. The zero-order valence-electron chi connectivity index (χ0n) is 9.61. The van der Waals surface area contributed by atoms with Crippen molar-refractivity contribution in [1.29, 1.82) is 5.26 Å². The van der Waals surface area contributed by atoms with Crippen molar-refractivity contribution in [2.45, 2.75) is 6.92 Å². The van der Waals surface area contributed by atoms with Crippen LogP contribution < -0.4 is 4.90 Å². The van der Waals surface area contributed by atoms with Gasteiger partial charge in [-0.05, 0) is 13.0 Å². The molecule has 0 aliphatic carbocycles. The van der Waals surface area contributed by atoms with Gasteiger partial charge in [-0.15, -0.1) is 0 Å². The SMILES string of the molecule is CCN(CC(=O)OC)c1nccc(C#N)c1Cl. The lowest BCUT2D eigenvalue weighted by Gasteiger charge is -2.21. The highest BCUT2D eigenvalue weighted by Crippen LogP contribution is 2.26. The van der Waals surface area contributed by atoms with Crippen molar-refractivity contribution in [2.75, 3.05) is 25.1 Å². The lowest BCUT2D eigenvalue weighted by Crippen LogP contribution is -2.31. The number of anilines is 1. The van der Waals surface area contributed by atoms with Crippen molar-refractivity contribution in [1.82, 2.24) is 4.98 Å². The molecule has 0 atom stereocenters. The quantitative estimate of drug-likeness (QED) is 0.763. The summed E-state index contributed by atoms with van der Waals surface area (Å²) in [5, 5.41) is 9.10. The fourth-order valence-corrected chi connectivity index (χ4v) is 1.57. The van der Waals surface area contributed by atoms with Crippen molar-refractivity contribution < 1.29 is 9.53 Å². The second-order valence-corrected chi connectivity index (χ2v) is 3.58. The number of carbonyl (C=O) groups is 1. The van der Waals surface area contributed by atoms with Crippen LogP contribution in [0.4, 0.5) is 5.82 Å². The van der Waals surface area contributed by atoms with Gasteiger partial charge in [0.1, 0.15) is 23.5 Å². The largest absolute Gasteiger partial charge is 0.468 e. The van der Waals surface area contributed by atoms with Gasteiger partial charge >= 0.3 is 5.97 Å². The van der Waals surface area contributed by atoms with Gasteiger partial charge < -0.3 is 9.64 Å². The van der Waals surface area contributed by atoms with Gasteiger partial charge in [0.05, 0.1) is 12.7 Å². The second-order valence-electron chi connectivity index (χ2n) is 3.20. The first-order valence-electron chi connectivity index (χ1n) is 5.00. The fraction of sp³-hybridized carbons (Fsp3) is 0.364. The molecule has 17 heavy (non-hydrogen) atoms. The van der Waals surface area contributed by atoms with E-state index in [4.69, 9.17) is 16.9 Å². The number of halogens is 1. The number of rotatable bonds is 4. The van der Waals surface area contributed by atoms with Gasteiger partial charge in [-0.1, -0.05) is 11.6 Å². The zero-order chi connectivity index (χ0) is 12.8.